The average molecular weight is 228 g/mol. The van der Waals surface area contributed by atoms with Crippen molar-refractivity contribution in [3.05, 3.63) is 28.9 Å². The monoisotopic (exact) mass is 228 g/mol. The van der Waals surface area contributed by atoms with Crippen LogP contribution in [0.15, 0.2) is 23.4 Å². The standard InChI is InChI=1S/C10H16N2O4/c1-8(6-14)10(16-5-4-13)12-3-2-9(15)11-7-12/h2-3,7-8,10,13-14H,4-6H2,1H3/t8?,10-/m0/s1. The summed E-state index contributed by atoms with van der Waals surface area (Å²) in [4.78, 5) is 14.5. The minimum absolute atomic E-state index is 0.0534. The Kier molecular flexibility index (Phi) is 5.10. The summed E-state index contributed by atoms with van der Waals surface area (Å²) in [5.74, 6) is -0.157. The maximum absolute atomic E-state index is 10.8. The molecule has 0 spiro atoms. The Morgan fingerprint density at radius 3 is 2.81 bits per heavy atom. The molecule has 0 aliphatic rings. The van der Waals surface area contributed by atoms with E-state index in [4.69, 9.17) is 14.9 Å². The van der Waals surface area contributed by atoms with Crippen LogP contribution in [0.4, 0.5) is 0 Å². The van der Waals surface area contributed by atoms with Crippen LogP contribution in [0.25, 0.3) is 0 Å². The molecule has 90 valence electrons. The van der Waals surface area contributed by atoms with E-state index < -0.39 is 6.23 Å². The van der Waals surface area contributed by atoms with Gasteiger partial charge in [0.05, 0.1) is 13.2 Å². The van der Waals surface area contributed by atoms with Gasteiger partial charge >= 0.3 is 0 Å². The highest BCUT2D eigenvalue weighted by molar-refractivity contribution is 4.84. The second kappa shape index (κ2) is 6.37. The number of hydrogen-bond acceptors (Lipinski definition) is 5. The molecule has 0 aliphatic carbocycles. The number of nitrogens with zero attached hydrogens (tertiary/aromatic N) is 2. The van der Waals surface area contributed by atoms with E-state index in [2.05, 4.69) is 4.98 Å². The Morgan fingerprint density at radius 2 is 2.31 bits per heavy atom. The zero-order valence-electron chi connectivity index (χ0n) is 9.11. The summed E-state index contributed by atoms with van der Waals surface area (Å²) in [6, 6.07) is 1.32. The van der Waals surface area contributed by atoms with Gasteiger partial charge in [0, 0.05) is 24.8 Å². The summed E-state index contributed by atoms with van der Waals surface area (Å²) < 4.78 is 6.98. The van der Waals surface area contributed by atoms with E-state index in [-0.39, 0.29) is 31.3 Å². The molecule has 2 N–H and O–H groups in total. The van der Waals surface area contributed by atoms with Crippen LogP contribution in [-0.2, 0) is 4.74 Å². The van der Waals surface area contributed by atoms with Gasteiger partial charge in [-0.15, -0.1) is 0 Å². The van der Waals surface area contributed by atoms with Crippen molar-refractivity contribution in [2.24, 2.45) is 5.92 Å². The topological polar surface area (TPSA) is 84.6 Å². The number of aliphatic hydroxyl groups excluding tert-OH is 2. The lowest BCUT2D eigenvalue weighted by molar-refractivity contribution is -0.0604. The maximum Gasteiger partial charge on any atom is 0.272 e. The number of hydrogen-bond donors (Lipinski definition) is 2. The SMILES string of the molecule is CC(CO)[C@H](OCCO)n1ccc(=O)nc1. The van der Waals surface area contributed by atoms with E-state index in [0.717, 1.165) is 0 Å². The van der Waals surface area contributed by atoms with Gasteiger partial charge in [0.25, 0.3) is 5.56 Å². The number of aromatic nitrogens is 2. The van der Waals surface area contributed by atoms with Crippen molar-refractivity contribution < 1.29 is 14.9 Å². The van der Waals surface area contributed by atoms with Crippen molar-refractivity contribution in [2.45, 2.75) is 13.2 Å². The van der Waals surface area contributed by atoms with E-state index in [9.17, 15) is 4.79 Å². The van der Waals surface area contributed by atoms with E-state index in [1.165, 1.54) is 12.4 Å². The third kappa shape index (κ3) is 3.41. The zero-order chi connectivity index (χ0) is 12.0. The average Bonchev–Trinajstić information content (AvgIpc) is 2.31. The fourth-order valence-electron chi connectivity index (χ4n) is 1.31. The summed E-state index contributed by atoms with van der Waals surface area (Å²) >= 11 is 0. The predicted molar refractivity (Wildman–Crippen MR) is 56.8 cm³/mol. The molecule has 0 saturated heterocycles. The highest BCUT2D eigenvalue weighted by Gasteiger charge is 2.18. The van der Waals surface area contributed by atoms with Crippen LogP contribution in [0.2, 0.25) is 0 Å². The molecule has 6 heteroatoms. The van der Waals surface area contributed by atoms with Gasteiger partial charge in [0.1, 0.15) is 12.6 Å². The molecular formula is C10H16N2O4. The van der Waals surface area contributed by atoms with Crippen molar-refractivity contribution in [1.82, 2.24) is 9.55 Å². The van der Waals surface area contributed by atoms with Crippen LogP contribution < -0.4 is 5.56 Å². The lowest BCUT2D eigenvalue weighted by Gasteiger charge is -2.24. The second-order valence-electron chi connectivity index (χ2n) is 3.49. The minimum atomic E-state index is -0.440. The molecular weight excluding hydrogens is 212 g/mol. The second-order valence-corrected chi connectivity index (χ2v) is 3.49. The molecule has 0 aliphatic heterocycles. The van der Waals surface area contributed by atoms with Gasteiger partial charge in [-0.25, -0.2) is 0 Å². The lowest BCUT2D eigenvalue weighted by atomic mass is 10.1. The molecule has 1 unspecified atom stereocenters. The largest absolute Gasteiger partial charge is 0.396 e. The third-order valence-corrected chi connectivity index (χ3v) is 2.16. The summed E-state index contributed by atoms with van der Waals surface area (Å²) in [5.41, 5.74) is -0.325. The van der Waals surface area contributed by atoms with Crippen LogP contribution in [0.3, 0.4) is 0 Å². The molecule has 1 rings (SSSR count). The maximum atomic E-state index is 10.8. The first-order chi connectivity index (χ1) is 7.69. The van der Waals surface area contributed by atoms with Gasteiger partial charge < -0.3 is 19.5 Å². The number of aliphatic hydroxyl groups is 2. The first-order valence-electron chi connectivity index (χ1n) is 5.06. The highest BCUT2D eigenvalue weighted by Crippen LogP contribution is 2.17. The number of ether oxygens (including phenoxy) is 1. The molecule has 16 heavy (non-hydrogen) atoms. The molecule has 0 saturated carbocycles. The molecule has 0 radical (unpaired) electrons. The molecule has 0 amide bonds. The molecule has 0 aromatic carbocycles. The Morgan fingerprint density at radius 1 is 1.56 bits per heavy atom. The summed E-state index contributed by atoms with van der Waals surface area (Å²) in [7, 11) is 0. The van der Waals surface area contributed by atoms with Crippen LogP contribution in [0, 0.1) is 5.92 Å². The van der Waals surface area contributed by atoms with Gasteiger partial charge in [-0.05, 0) is 0 Å². The van der Waals surface area contributed by atoms with E-state index in [0.29, 0.717) is 0 Å². The highest BCUT2D eigenvalue weighted by atomic mass is 16.5. The Hall–Kier alpha value is -1.24. The molecule has 1 aromatic heterocycles. The molecule has 1 aromatic rings. The summed E-state index contributed by atoms with van der Waals surface area (Å²) in [6.45, 7) is 1.83. The number of rotatable bonds is 6. The Balaban J connectivity index is 2.82. The third-order valence-electron chi connectivity index (χ3n) is 2.16. The minimum Gasteiger partial charge on any atom is -0.396 e. The first-order valence-corrected chi connectivity index (χ1v) is 5.06. The van der Waals surface area contributed by atoms with Crippen LogP contribution >= 0.6 is 0 Å². The molecule has 1 heterocycles. The first kappa shape index (κ1) is 12.8. The van der Waals surface area contributed by atoms with E-state index >= 15 is 0 Å². The van der Waals surface area contributed by atoms with Crippen molar-refractivity contribution in [1.29, 1.82) is 0 Å². The molecule has 0 bridgehead atoms. The fourth-order valence-corrected chi connectivity index (χ4v) is 1.31. The van der Waals surface area contributed by atoms with Crippen molar-refractivity contribution in [3.63, 3.8) is 0 Å². The van der Waals surface area contributed by atoms with Gasteiger partial charge in [-0.2, -0.15) is 4.98 Å². The van der Waals surface area contributed by atoms with Crippen molar-refractivity contribution in [2.75, 3.05) is 19.8 Å². The molecule has 6 nitrogen and oxygen atoms in total. The summed E-state index contributed by atoms with van der Waals surface area (Å²) in [6.07, 6.45) is 2.46. The molecule has 0 fully saturated rings. The quantitative estimate of drug-likeness (QED) is 0.677. The lowest BCUT2D eigenvalue weighted by Crippen LogP contribution is -2.25. The van der Waals surface area contributed by atoms with Gasteiger partial charge in [-0.3, -0.25) is 4.79 Å². The van der Waals surface area contributed by atoms with E-state index in [1.54, 1.807) is 17.7 Å². The zero-order valence-corrected chi connectivity index (χ0v) is 9.11. The van der Waals surface area contributed by atoms with Crippen LogP contribution in [-0.4, -0.2) is 39.6 Å². The van der Waals surface area contributed by atoms with Crippen molar-refractivity contribution in [3.8, 4) is 0 Å². The van der Waals surface area contributed by atoms with E-state index in [1.807, 2.05) is 0 Å². The Labute approximate surface area is 93.1 Å². The Bertz CT molecular complexity index is 346. The van der Waals surface area contributed by atoms with Gasteiger partial charge in [-0.1, -0.05) is 6.92 Å². The van der Waals surface area contributed by atoms with Crippen molar-refractivity contribution >= 4 is 0 Å². The predicted octanol–water partition coefficient (Wildman–Crippen LogP) is -0.621. The smallest absolute Gasteiger partial charge is 0.272 e. The van der Waals surface area contributed by atoms with Gasteiger partial charge in [0.2, 0.25) is 0 Å². The van der Waals surface area contributed by atoms with Gasteiger partial charge in [0.15, 0.2) is 0 Å². The van der Waals surface area contributed by atoms with Crippen LogP contribution in [0.1, 0.15) is 13.2 Å². The normalized spacial score (nSPS) is 14.7. The summed E-state index contributed by atoms with van der Waals surface area (Å²) in [5, 5.41) is 17.8. The fraction of sp³-hybridized carbons (Fsp3) is 0.600. The van der Waals surface area contributed by atoms with Crippen LogP contribution in [0.5, 0.6) is 0 Å². The molecule has 2 atom stereocenters.